The van der Waals surface area contributed by atoms with Gasteiger partial charge in [-0.3, -0.25) is 43.2 Å². The fourth-order valence-corrected chi connectivity index (χ4v) is 10.4. The van der Waals surface area contributed by atoms with E-state index in [-0.39, 0.29) is 89.3 Å². The summed E-state index contributed by atoms with van der Waals surface area (Å²) in [6.45, 7) is 9.21. The smallest absolute Gasteiger partial charge is 0.326 e. The van der Waals surface area contributed by atoms with Crippen LogP contribution < -0.4 is 88.0 Å². The van der Waals surface area contributed by atoms with Crippen LogP contribution in [0, 0.1) is 11.8 Å². The molecule has 0 spiro atoms. The summed E-state index contributed by atoms with van der Waals surface area (Å²) in [6.07, 6.45) is 6.79. The van der Waals surface area contributed by atoms with Gasteiger partial charge in [-0.25, -0.2) is 4.79 Å². The van der Waals surface area contributed by atoms with Gasteiger partial charge in [-0.1, -0.05) is 94.8 Å². The molecule has 0 unspecified atom stereocenters. The summed E-state index contributed by atoms with van der Waals surface area (Å²) in [5.74, 6) is -7.84. The normalized spacial score (nSPS) is 14.5. The lowest BCUT2D eigenvalue weighted by atomic mass is 9.99. The van der Waals surface area contributed by atoms with Crippen molar-refractivity contribution in [2.75, 3.05) is 39.3 Å². The van der Waals surface area contributed by atoms with E-state index in [4.69, 9.17) is 40.1 Å². The second-order valence-electron chi connectivity index (χ2n) is 24.8. The summed E-state index contributed by atoms with van der Waals surface area (Å²) < 4.78 is 0. The highest BCUT2D eigenvalue weighted by Crippen LogP contribution is 2.15. The third kappa shape index (κ3) is 34.0. The molecule has 9 amide bonds. The van der Waals surface area contributed by atoms with Crippen molar-refractivity contribution in [3.63, 3.8) is 0 Å². The van der Waals surface area contributed by atoms with Crippen molar-refractivity contribution in [1.82, 2.24) is 47.9 Å². The molecule has 0 saturated carbocycles. The number of amides is 9. The van der Waals surface area contributed by atoms with Crippen molar-refractivity contribution in [3.05, 3.63) is 71.8 Å². The van der Waals surface area contributed by atoms with Gasteiger partial charge in [0.25, 0.3) is 0 Å². The van der Waals surface area contributed by atoms with Crippen LogP contribution in [0.3, 0.4) is 0 Å². The van der Waals surface area contributed by atoms with Gasteiger partial charge in [-0.15, -0.1) is 0 Å². The lowest BCUT2D eigenvalue weighted by Crippen LogP contribution is -2.61. The Morgan fingerprint density at radius 2 is 0.538 bits per heavy atom. The van der Waals surface area contributed by atoms with Crippen molar-refractivity contribution in [2.45, 2.75) is 229 Å². The van der Waals surface area contributed by atoms with E-state index in [1.54, 1.807) is 60.7 Å². The average molecular weight is 1310 g/mol. The molecule has 0 saturated heterocycles. The molecule has 0 aliphatic rings. The van der Waals surface area contributed by atoms with Crippen LogP contribution in [0.5, 0.6) is 0 Å². The minimum absolute atomic E-state index is 0.00540. The molecule has 27 heteroatoms. The summed E-state index contributed by atoms with van der Waals surface area (Å²) in [6, 6.07) is 5.59. The third-order valence-electron chi connectivity index (χ3n) is 15.7. The standard InChI is InChI=1S/C66H114N16O11/c1-43(2)39-53(63(89)81-55(42-46-25-9-6-10-26-46)65(91)82-56(66(92)93)40-44(3)4)79-64(90)54(41-45-23-7-5-8-24-45)80-62(88)52(32-16-22-38-72)78-61(87)51(31-15-21-37-71)77-60(86)50(30-14-20-36-70)76-59(85)49(29-13-19-35-69)75-58(84)48(28-12-18-34-68)74-57(83)47(73)27-11-17-33-67/h5-10,23-26,43-44,47-56H,11-22,27-42,67-73H2,1-4H3,(H,74,83)(H,75,84)(H,76,85)(H,77,86)(H,78,87)(H,79,90)(H,80,88)(H,81,89)(H,82,91)(H,92,93)/t47-,48-,49-,50-,51-,52-,53-,54-,55-,56-/m0/s1. The Morgan fingerprint density at radius 1 is 0.312 bits per heavy atom. The van der Waals surface area contributed by atoms with Crippen molar-refractivity contribution in [3.8, 4) is 0 Å². The van der Waals surface area contributed by atoms with Gasteiger partial charge in [-0.2, -0.15) is 0 Å². The average Bonchev–Trinajstić information content (AvgIpc) is 2.83. The number of carboxylic acids is 1. The van der Waals surface area contributed by atoms with Gasteiger partial charge in [0.05, 0.1) is 6.04 Å². The highest BCUT2D eigenvalue weighted by atomic mass is 16.4. The number of nitrogens with two attached hydrogens (primary N) is 7. The first-order chi connectivity index (χ1) is 44.5. The van der Waals surface area contributed by atoms with Crippen molar-refractivity contribution in [1.29, 1.82) is 0 Å². The molecule has 0 aromatic heterocycles. The first-order valence-corrected chi connectivity index (χ1v) is 33.5. The van der Waals surface area contributed by atoms with Crippen LogP contribution in [0.2, 0.25) is 0 Å². The van der Waals surface area contributed by atoms with E-state index in [1.807, 2.05) is 27.7 Å². The molecule has 2 aromatic rings. The Morgan fingerprint density at radius 3 is 0.817 bits per heavy atom. The van der Waals surface area contributed by atoms with E-state index in [0.717, 1.165) is 0 Å². The van der Waals surface area contributed by atoms with Gasteiger partial charge in [-0.05, 0) is 184 Å². The summed E-state index contributed by atoms with van der Waals surface area (Å²) in [7, 11) is 0. The minimum atomic E-state index is -1.34. The van der Waals surface area contributed by atoms with Crippen LogP contribution in [0.15, 0.2) is 60.7 Å². The Labute approximate surface area is 550 Å². The number of aliphatic carboxylic acids is 1. The van der Waals surface area contributed by atoms with Crippen molar-refractivity contribution < 1.29 is 53.1 Å². The number of unbranched alkanes of at least 4 members (excludes halogenated alkanes) is 6. The number of carbonyl (C=O) groups excluding carboxylic acids is 9. The van der Waals surface area contributed by atoms with E-state index in [1.165, 1.54) is 0 Å². The van der Waals surface area contributed by atoms with Crippen LogP contribution in [-0.2, 0) is 60.8 Å². The molecule has 10 atom stereocenters. The molecule has 24 N–H and O–H groups in total. The molecule has 0 radical (unpaired) electrons. The molecule has 0 aliphatic carbocycles. The van der Waals surface area contributed by atoms with E-state index in [9.17, 15) is 53.1 Å². The first kappa shape index (κ1) is 82.0. The Bertz CT molecular complexity index is 2530. The highest BCUT2D eigenvalue weighted by molar-refractivity contribution is 5.98. The summed E-state index contributed by atoms with van der Waals surface area (Å²) >= 11 is 0. The number of hydrogen-bond acceptors (Lipinski definition) is 17. The zero-order chi connectivity index (χ0) is 69.1. The number of rotatable bonds is 51. The van der Waals surface area contributed by atoms with Crippen LogP contribution in [0.4, 0.5) is 0 Å². The van der Waals surface area contributed by atoms with E-state index < -0.39 is 120 Å². The SMILES string of the molecule is CC(C)C[C@H](NC(=O)[C@H](Cc1ccccc1)NC(=O)[C@H](CC(C)C)NC(=O)[C@H](Cc1ccccc1)NC(=O)[C@H](CCCCN)NC(=O)[C@H](CCCCN)NC(=O)[C@H](CCCCN)NC(=O)[C@H](CCCCN)NC(=O)[C@H](CCCCN)NC(=O)[C@@H](N)CCCCN)C(=O)O. The lowest BCUT2D eigenvalue weighted by molar-refractivity contribution is -0.142. The maximum absolute atomic E-state index is 14.8. The monoisotopic (exact) mass is 1310 g/mol. The number of carbonyl (C=O) groups is 10. The van der Waals surface area contributed by atoms with Crippen molar-refractivity contribution in [2.24, 2.45) is 52.0 Å². The fourth-order valence-electron chi connectivity index (χ4n) is 10.4. The summed E-state index contributed by atoms with van der Waals surface area (Å²) in [5.41, 5.74) is 42.4. The summed E-state index contributed by atoms with van der Waals surface area (Å²) in [4.78, 5) is 141. The van der Waals surface area contributed by atoms with E-state index in [2.05, 4.69) is 47.9 Å². The Kier molecular flexibility index (Phi) is 42.0. The van der Waals surface area contributed by atoms with Gasteiger partial charge in [0, 0.05) is 12.8 Å². The second kappa shape index (κ2) is 47.7. The van der Waals surface area contributed by atoms with Gasteiger partial charge >= 0.3 is 5.97 Å². The van der Waals surface area contributed by atoms with Gasteiger partial charge in [0.2, 0.25) is 53.2 Å². The molecule has 524 valence electrons. The van der Waals surface area contributed by atoms with Gasteiger partial charge < -0.3 is 93.1 Å². The van der Waals surface area contributed by atoms with Crippen molar-refractivity contribution >= 4 is 59.1 Å². The number of benzene rings is 2. The number of carboxylic acid groups (broad SMARTS) is 1. The summed E-state index contributed by atoms with van der Waals surface area (Å²) in [5, 5.41) is 35.0. The molecule has 2 rings (SSSR count). The van der Waals surface area contributed by atoms with E-state index in [0.29, 0.717) is 114 Å². The molecule has 0 fully saturated rings. The molecular weight excluding hydrogens is 1190 g/mol. The molecule has 93 heavy (non-hydrogen) atoms. The van der Waals surface area contributed by atoms with Gasteiger partial charge in [0.1, 0.15) is 54.4 Å². The number of hydrogen-bond donors (Lipinski definition) is 17. The van der Waals surface area contributed by atoms with Crippen LogP contribution >= 0.6 is 0 Å². The van der Waals surface area contributed by atoms with Crippen LogP contribution in [0.25, 0.3) is 0 Å². The lowest BCUT2D eigenvalue weighted by Gasteiger charge is -2.29. The largest absolute Gasteiger partial charge is 0.480 e. The van der Waals surface area contributed by atoms with Crippen LogP contribution in [0.1, 0.15) is 167 Å². The zero-order valence-corrected chi connectivity index (χ0v) is 55.6. The number of nitrogens with one attached hydrogen (secondary N) is 9. The molecule has 2 aromatic carbocycles. The molecule has 0 bridgehead atoms. The molecule has 0 heterocycles. The predicted octanol–water partition coefficient (Wildman–Crippen LogP) is 0.113. The zero-order valence-electron chi connectivity index (χ0n) is 55.6. The topological polar surface area (TPSA) is 481 Å². The molecule has 0 aliphatic heterocycles. The Balaban J connectivity index is 2.57. The third-order valence-corrected chi connectivity index (χ3v) is 15.7. The maximum atomic E-state index is 14.8. The molecular formula is C66H114N16O11. The predicted molar refractivity (Wildman–Crippen MR) is 360 cm³/mol. The van der Waals surface area contributed by atoms with Crippen LogP contribution in [-0.4, -0.2) is 164 Å². The first-order valence-electron chi connectivity index (χ1n) is 33.5. The molecule has 27 nitrogen and oxygen atoms in total. The maximum Gasteiger partial charge on any atom is 0.326 e. The quantitative estimate of drug-likeness (QED) is 0.0391. The Hall–Kier alpha value is -7.14. The minimum Gasteiger partial charge on any atom is -0.480 e. The van der Waals surface area contributed by atoms with E-state index >= 15 is 0 Å². The second-order valence-corrected chi connectivity index (χ2v) is 24.8. The highest BCUT2D eigenvalue weighted by Gasteiger charge is 2.36. The fraction of sp³-hybridized carbons (Fsp3) is 0.667. The van der Waals surface area contributed by atoms with Gasteiger partial charge in [0.15, 0.2) is 0 Å².